The maximum Gasteiger partial charge on any atom is 0.243 e. The fourth-order valence-electron chi connectivity index (χ4n) is 2.79. The van der Waals surface area contributed by atoms with E-state index in [-0.39, 0.29) is 29.8 Å². The van der Waals surface area contributed by atoms with E-state index in [1.807, 2.05) is 19.9 Å². The van der Waals surface area contributed by atoms with Crippen LogP contribution in [0.5, 0.6) is 0 Å². The first kappa shape index (κ1) is 21.2. The lowest BCUT2D eigenvalue weighted by atomic mass is 9.84. The SMILES string of the molecule is CN(C)C(=O)CN=C(NCC1CCCO1)NCC(C)(C)c1cccc(F)c1. The number of rotatable bonds is 7. The highest BCUT2D eigenvalue weighted by Gasteiger charge is 2.22. The Morgan fingerprint density at radius 1 is 1.37 bits per heavy atom. The highest BCUT2D eigenvalue weighted by molar-refractivity contribution is 5.84. The number of ether oxygens (including phenoxy) is 1. The molecule has 0 aliphatic carbocycles. The molecule has 27 heavy (non-hydrogen) atoms. The predicted octanol–water partition coefficient (Wildman–Crippen LogP) is 1.91. The van der Waals surface area contributed by atoms with Crippen molar-refractivity contribution >= 4 is 11.9 Å². The van der Waals surface area contributed by atoms with Crippen molar-refractivity contribution in [3.8, 4) is 0 Å². The molecule has 1 aromatic carbocycles. The summed E-state index contributed by atoms with van der Waals surface area (Å²) in [5, 5.41) is 6.55. The Labute approximate surface area is 161 Å². The zero-order valence-electron chi connectivity index (χ0n) is 16.7. The van der Waals surface area contributed by atoms with E-state index in [1.165, 1.54) is 11.0 Å². The molecule has 2 N–H and O–H groups in total. The van der Waals surface area contributed by atoms with Crippen LogP contribution in [0.4, 0.5) is 4.39 Å². The molecular weight excluding hydrogens is 347 g/mol. The van der Waals surface area contributed by atoms with Gasteiger partial charge >= 0.3 is 0 Å². The van der Waals surface area contributed by atoms with Gasteiger partial charge in [-0.25, -0.2) is 9.38 Å². The maximum absolute atomic E-state index is 13.6. The number of likely N-dealkylation sites (N-methyl/N-ethyl adjacent to an activating group) is 1. The molecule has 1 saturated heterocycles. The molecule has 0 saturated carbocycles. The van der Waals surface area contributed by atoms with E-state index in [4.69, 9.17) is 4.74 Å². The minimum absolute atomic E-state index is 0.0637. The van der Waals surface area contributed by atoms with E-state index in [1.54, 1.807) is 26.2 Å². The number of benzene rings is 1. The number of halogens is 1. The number of nitrogens with one attached hydrogen (secondary N) is 2. The van der Waals surface area contributed by atoms with Crippen LogP contribution in [0, 0.1) is 5.82 Å². The summed E-state index contributed by atoms with van der Waals surface area (Å²) in [5.41, 5.74) is 0.595. The summed E-state index contributed by atoms with van der Waals surface area (Å²) in [6.07, 6.45) is 2.25. The van der Waals surface area contributed by atoms with Gasteiger partial charge in [-0.2, -0.15) is 0 Å². The average Bonchev–Trinajstić information content (AvgIpc) is 3.14. The van der Waals surface area contributed by atoms with Gasteiger partial charge in [-0.1, -0.05) is 26.0 Å². The van der Waals surface area contributed by atoms with Crippen LogP contribution in [0.15, 0.2) is 29.3 Å². The third-order valence-electron chi connectivity index (χ3n) is 4.70. The van der Waals surface area contributed by atoms with Gasteiger partial charge in [-0.15, -0.1) is 0 Å². The molecule has 7 heteroatoms. The van der Waals surface area contributed by atoms with Gasteiger partial charge in [0.15, 0.2) is 5.96 Å². The highest BCUT2D eigenvalue weighted by Crippen LogP contribution is 2.22. The minimum Gasteiger partial charge on any atom is -0.376 e. The third-order valence-corrected chi connectivity index (χ3v) is 4.70. The first-order chi connectivity index (χ1) is 12.8. The number of guanidine groups is 1. The molecule has 1 unspecified atom stereocenters. The molecule has 0 radical (unpaired) electrons. The van der Waals surface area contributed by atoms with Crippen molar-refractivity contribution in [1.82, 2.24) is 15.5 Å². The van der Waals surface area contributed by atoms with Crippen molar-refractivity contribution in [3.63, 3.8) is 0 Å². The van der Waals surface area contributed by atoms with Crippen LogP contribution in [-0.2, 0) is 14.9 Å². The Kier molecular flexibility index (Phi) is 7.59. The molecule has 6 nitrogen and oxygen atoms in total. The molecule has 150 valence electrons. The molecule has 1 aliphatic rings. The van der Waals surface area contributed by atoms with Crippen LogP contribution in [0.1, 0.15) is 32.3 Å². The van der Waals surface area contributed by atoms with Crippen molar-refractivity contribution in [2.45, 2.75) is 38.2 Å². The molecule has 0 spiro atoms. The molecule has 1 heterocycles. The van der Waals surface area contributed by atoms with Crippen LogP contribution in [0.3, 0.4) is 0 Å². The summed E-state index contributed by atoms with van der Waals surface area (Å²) in [4.78, 5) is 17.8. The Morgan fingerprint density at radius 3 is 2.78 bits per heavy atom. The Balaban J connectivity index is 2.00. The van der Waals surface area contributed by atoms with Crippen molar-refractivity contribution in [2.24, 2.45) is 4.99 Å². The largest absolute Gasteiger partial charge is 0.376 e. The van der Waals surface area contributed by atoms with Crippen molar-refractivity contribution in [2.75, 3.05) is 40.3 Å². The molecule has 1 aliphatic heterocycles. The molecule has 1 aromatic rings. The summed E-state index contributed by atoms with van der Waals surface area (Å²) in [5.74, 6) is 0.241. The average molecular weight is 378 g/mol. The van der Waals surface area contributed by atoms with Gasteiger partial charge in [-0.05, 0) is 30.5 Å². The number of hydrogen-bond donors (Lipinski definition) is 2. The van der Waals surface area contributed by atoms with E-state index in [0.717, 1.165) is 25.0 Å². The van der Waals surface area contributed by atoms with Crippen LogP contribution < -0.4 is 10.6 Å². The summed E-state index contributed by atoms with van der Waals surface area (Å²) >= 11 is 0. The second-order valence-electron chi connectivity index (χ2n) is 7.72. The Bertz CT molecular complexity index is 655. The Hall–Kier alpha value is -2.15. The topological polar surface area (TPSA) is 66.0 Å². The van der Waals surface area contributed by atoms with Gasteiger partial charge < -0.3 is 20.3 Å². The third kappa shape index (κ3) is 6.82. The number of carbonyl (C=O) groups excluding carboxylic acids is 1. The van der Waals surface area contributed by atoms with Gasteiger partial charge in [0, 0.05) is 39.2 Å². The van der Waals surface area contributed by atoms with Gasteiger partial charge in [0.25, 0.3) is 0 Å². The van der Waals surface area contributed by atoms with Crippen LogP contribution >= 0.6 is 0 Å². The monoisotopic (exact) mass is 378 g/mol. The van der Waals surface area contributed by atoms with E-state index >= 15 is 0 Å². The standard InChI is InChI=1S/C20H31FN4O2/c1-20(2,15-7-5-8-16(21)11-15)14-24-19(23-13-18(26)25(3)4)22-12-17-9-6-10-27-17/h5,7-8,11,17H,6,9-10,12-14H2,1-4H3,(H2,22,23,24). The first-order valence-corrected chi connectivity index (χ1v) is 9.38. The fourth-order valence-corrected chi connectivity index (χ4v) is 2.79. The molecule has 1 amide bonds. The summed E-state index contributed by atoms with van der Waals surface area (Å²) in [6.45, 7) is 6.12. The molecule has 1 fully saturated rings. The van der Waals surface area contributed by atoms with Crippen molar-refractivity contribution in [3.05, 3.63) is 35.6 Å². The zero-order chi connectivity index (χ0) is 19.9. The lowest BCUT2D eigenvalue weighted by molar-refractivity contribution is -0.127. The van der Waals surface area contributed by atoms with E-state index in [9.17, 15) is 9.18 Å². The quantitative estimate of drug-likeness (QED) is 0.562. The Morgan fingerprint density at radius 2 is 2.15 bits per heavy atom. The second kappa shape index (κ2) is 9.69. The number of carbonyl (C=O) groups is 1. The van der Waals surface area contributed by atoms with Gasteiger partial charge in [0.2, 0.25) is 5.91 Å². The van der Waals surface area contributed by atoms with E-state index < -0.39 is 0 Å². The summed E-state index contributed by atoms with van der Waals surface area (Å²) in [6, 6.07) is 6.62. The van der Waals surface area contributed by atoms with E-state index in [0.29, 0.717) is 19.0 Å². The number of aliphatic imine (C=N–C) groups is 1. The molecular formula is C20H31FN4O2. The van der Waals surface area contributed by atoms with Gasteiger partial charge in [-0.3, -0.25) is 4.79 Å². The molecule has 0 bridgehead atoms. The van der Waals surface area contributed by atoms with Crippen molar-refractivity contribution in [1.29, 1.82) is 0 Å². The fraction of sp³-hybridized carbons (Fsp3) is 0.600. The van der Waals surface area contributed by atoms with Gasteiger partial charge in [0.05, 0.1) is 6.10 Å². The lowest BCUT2D eigenvalue weighted by Crippen LogP contribution is -2.46. The lowest BCUT2D eigenvalue weighted by Gasteiger charge is -2.27. The van der Waals surface area contributed by atoms with Crippen LogP contribution in [0.2, 0.25) is 0 Å². The molecule has 1 atom stereocenters. The van der Waals surface area contributed by atoms with Crippen LogP contribution in [-0.4, -0.2) is 63.2 Å². The smallest absolute Gasteiger partial charge is 0.243 e. The molecule has 0 aromatic heterocycles. The predicted molar refractivity (Wildman–Crippen MR) is 105 cm³/mol. The number of amides is 1. The number of nitrogens with zero attached hydrogens (tertiary/aromatic N) is 2. The molecule has 2 rings (SSSR count). The van der Waals surface area contributed by atoms with Crippen LogP contribution in [0.25, 0.3) is 0 Å². The summed E-state index contributed by atoms with van der Waals surface area (Å²) in [7, 11) is 3.41. The first-order valence-electron chi connectivity index (χ1n) is 9.38. The maximum atomic E-state index is 13.6. The minimum atomic E-state index is -0.306. The highest BCUT2D eigenvalue weighted by atomic mass is 19.1. The zero-order valence-corrected chi connectivity index (χ0v) is 16.7. The second-order valence-corrected chi connectivity index (χ2v) is 7.72. The van der Waals surface area contributed by atoms with Crippen molar-refractivity contribution < 1.29 is 13.9 Å². The normalized spacial score (nSPS) is 17.7. The van der Waals surface area contributed by atoms with E-state index in [2.05, 4.69) is 15.6 Å². The number of hydrogen-bond acceptors (Lipinski definition) is 3. The van der Waals surface area contributed by atoms with Gasteiger partial charge in [0.1, 0.15) is 12.4 Å². The summed E-state index contributed by atoms with van der Waals surface area (Å²) < 4.78 is 19.2.